The lowest BCUT2D eigenvalue weighted by molar-refractivity contribution is 0.0690. The van der Waals surface area contributed by atoms with Crippen LogP contribution in [0, 0.1) is 0 Å². The molecule has 0 aliphatic heterocycles. The summed E-state index contributed by atoms with van der Waals surface area (Å²) in [5.74, 6) is -0.122. The minimum atomic E-state index is -1.09. The maximum Gasteiger partial charge on any atom is 0.354 e. The van der Waals surface area contributed by atoms with Crippen LogP contribution in [0.5, 0.6) is 5.75 Å². The molecular formula is C16H19N3O3. The molecule has 0 aliphatic carbocycles. The van der Waals surface area contributed by atoms with Crippen LogP contribution in [0.25, 0.3) is 11.1 Å². The van der Waals surface area contributed by atoms with Crippen LogP contribution in [0.15, 0.2) is 36.4 Å². The van der Waals surface area contributed by atoms with Crippen molar-refractivity contribution in [3.8, 4) is 16.9 Å². The molecule has 0 fully saturated rings. The molecule has 0 spiro atoms. The molecule has 1 heterocycles. The fourth-order valence-corrected chi connectivity index (χ4v) is 1.91. The molecule has 2 aromatic rings. The number of rotatable bonds is 6. The highest BCUT2D eigenvalue weighted by Crippen LogP contribution is 2.26. The molecule has 1 aromatic carbocycles. The van der Waals surface area contributed by atoms with Gasteiger partial charge in [0.05, 0.1) is 0 Å². The van der Waals surface area contributed by atoms with Crippen LogP contribution in [0.2, 0.25) is 0 Å². The molecule has 0 amide bonds. The number of carboxylic acid groups (broad SMARTS) is 1. The summed E-state index contributed by atoms with van der Waals surface area (Å²) < 4.78 is 5.62. The van der Waals surface area contributed by atoms with E-state index in [1.165, 1.54) is 6.07 Å². The molecule has 22 heavy (non-hydrogen) atoms. The van der Waals surface area contributed by atoms with Crippen molar-refractivity contribution in [2.75, 3.05) is 33.0 Å². The summed E-state index contributed by atoms with van der Waals surface area (Å²) in [4.78, 5) is 16.8. The zero-order valence-corrected chi connectivity index (χ0v) is 12.6. The van der Waals surface area contributed by atoms with E-state index in [2.05, 4.69) is 4.98 Å². The summed E-state index contributed by atoms with van der Waals surface area (Å²) in [6.45, 7) is 1.46. The minimum Gasteiger partial charge on any atom is -0.492 e. The lowest BCUT2D eigenvalue weighted by Crippen LogP contribution is -2.19. The minimum absolute atomic E-state index is 0.0649. The van der Waals surface area contributed by atoms with E-state index in [1.54, 1.807) is 6.07 Å². The number of ether oxygens (including phenoxy) is 1. The zero-order chi connectivity index (χ0) is 16.1. The third-order valence-corrected chi connectivity index (χ3v) is 3.12. The van der Waals surface area contributed by atoms with E-state index in [-0.39, 0.29) is 11.5 Å². The Bertz CT molecular complexity index is 654. The van der Waals surface area contributed by atoms with E-state index < -0.39 is 5.97 Å². The summed E-state index contributed by atoms with van der Waals surface area (Å²) in [6, 6.07) is 10.6. The van der Waals surface area contributed by atoms with E-state index in [9.17, 15) is 4.79 Å². The van der Waals surface area contributed by atoms with Crippen molar-refractivity contribution in [1.82, 2.24) is 9.88 Å². The average molecular weight is 301 g/mol. The molecule has 0 saturated heterocycles. The molecule has 2 rings (SSSR count). The van der Waals surface area contributed by atoms with Gasteiger partial charge >= 0.3 is 5.97 Å². The molecule has 0 unspecified atom stereocenters. The Balaban J connectivity index is 2.11. The number of aromatic carboxylic acids is 1. The zero-order valence-electron chi connectivity index (χ0n) is 12.6. The SMILES string of the molecule is CN(C)CCOc1ccc(-c2ccc(C(=O)O)nc2N)cc1. The molecule has 0 atom stereocenters. The Morgan fingerprint density at radius 3 is 2.45 bits per heavy atom. The largest absolute Gasteiger partial charge is 0.492 e. The van der Waals surface area contributed by atoms with Gasteiger partial charge in [0.1, 0.15) is 18.2 Å². The summed E-state index contributed by atoms with van der Waals surface area (Å²) in [5.41, 5.74) is 7.33. The molecule has 6 heteroatoms. The maximum absolute atomic E-state index is 10.9. The standard InChI is InChI=1S/C16H19N3O3/c1-19(2)9-10-22-12-5-3-11(4-6-12)13-7-8-14(16(20)21)18-15(13)17/h3-8H,9-10H2,1-2H3,(H2,17,18)(H,20,21). The molecule has 0 saturated carbocycles. The average Bonchev–Trinajstić information content (AvgIpc) is 2.47. The van der Waals surface area contributed by atoms with E-state index in [1.807, 2.05) is 43.3 Å². The number of pyridine rings is 1. The van der Waals surface area contributed by atoms with E-state index in [4.69, 9.17) is 15.6 Å². The molecule has 116 valence electrons. The van der Waals surface area contributed by atoms with Crippen LogP contribution in [0.4, 0.5) is 5.82 Å². The molecule has 0 bridgehead atoms. The Labute approximate surface area is 129 Å². The molecule has 1 aromatic heterocycles. The van der Waals surface area contributed by atoms with Gasteiger partial charge in [-0.25, -0.2) is 9.78 Å². The van der Waals surface area contributed by atoms with Gasteiger partial charge in [0.25, 0.3) is 0 Å². The topological polar surface area (TPSA) is 88.7 Å². The maximum atomic E-state index is 10.9. The number of carbonyl (C=O) groups is 1. The predicted molar refractivity (Wildman–Crippen MR) is 85.1 cm³/mol. The van der Waals surface area contributed by atoms with Gasteiger partial charge < -0.3 is 20.5 Å². The first kappa shape index (κ1) is 15.8. The van der Waals surface area contributed by atoms with Crippen molar-refractivity contribution >= 4 is 11.8 Å². The number of nitrogens with zero attached hydrogens (tertiary/aromatic N) is 2. The monoisotopic (exact) mass is 301 g/mol. The van der Waals surface area contributed by atoms with Crippen LogP contribution in [-0.2, 0) is 0 Å². The second-order valence-electron chi connectivity index (χ2n) is 5.11. The number of nitrogen functional groups attached to an aromatic ring is 1. The fourth-order valence-electron chi connectivity index (χ4n) is 1.91. The van der Waals surface area contributed by atoms with Gasteiger partial charge in [-0.05, 0) is 43.9 Å². The van der Waals surface area contributed by atoms with Crippen molar-refractivity contribution in [2.24, 2.45) is 0 Å². The van der Waals surface area contributed by atoms with Gasteiger partial charge in [-0.1, -0.05) is 12.1 Å². The Morgan fingerprint density at radius 1 is 1.23 bits per heavy atom. The number of benzene rings is 1. The molecule has 3 N–H and O–H groups in total. The van der Waals surface area contributed by atoms with E-state index in [0.717, 1.165) is 17.9 Å². The van der Waals surface area contributed by atoms with Gasteiger partial charge in [-0.2, -0.15) is 0 Å². The number of hydrogen-bond donors (Lipinski definition) is 2. The third kappa shape index (κ3) is 3.95. The van der Waals surface area contributed by atoms with Crippen LogP contribution in [0.3, 0.4) is 0 Å². The van der Waals surface area contributed by atoms with E-state index >= 15 is 0 Å². The lowest BCUT2D eigenvalue weighted by Gasteiger charge is -2.11. The van der Waals surface area contributed by atoms with Crippen molar-refractivity contribution in [1.29, 1.82) is 0 Å². The Hall–Kier alpha value is -2.60. The van der Waals surface area contributed by atoms with Crippen LogP contribution < -0.4 is 10.5 Å². The van der Waals surface area contributed by atoms with Crippen molar-refractivity contribution in [2.45, 2.75) is 0 Å². The lowest BCUT2D eigenvalue weighted by atomic mass is 10.1. The first-order valence-electron chi connectivity index (χ1n) is 6.85. The number of likely N-dealkylation sites (N-methyl/N-ethyl adjacent to an activating group) is 1. The first-order valence-corrected chi connectivity index (χ1v) is 6.85. The third-order valence-electron chi connectivity index (χ3n) is 3.12. The Kier molecular flexibility index (Phi) is 4.95. The number of hydrogen-bond acceptors (Lipinski definition) is 5. The second kappa shape index (κ2) is 6.91. The van der Waals surface area contributed by atoms with Gasteiger partial charge in [0.15, 0.2) is 5.69 Å². The van der Waals surface area contributed by atoms with Crippen LogP contribution in [-0.4, -0.2) is 48.2 Å². The quantitative estimate of drug-likeness (QED) is 0.848. The summed E-state index contributed by atoms with van der Waals surface area (Å²) in [5, 5.41) is 8.89. The van der Waals surface area contributed by atoms with Gasteiger partial charge in [0.2, 0.25) is 0 Å². The number of carboxylic acids is 1. The number of nitrogens with two attached hydrogens (primary N) is 1. The van der Waals surface area contributed by atoms with Crippen LogP contribution >= 0.6 is 0 Å². The molecule has 0 radical (unpaired) electrons. The van der Waals surface area contributed by atoms with Crippen LogP contribution in [0.1, 0.15) is 10.5 Å². The summed E-state index contributed by atoms with van der Waals surface area (Å²) in [7, 11) is 3.98. The second-order valence-corrected chi connectivity index (χ2v) is 5.11. The smallest absolute Gasteiger partial charge is 0.354 e. The molecule has 0 aliphatic rings. The summed E-state index contributed by atoms with van der Waals surface area (Å²) in [6.07, 6.45) is 0. The number of anilines is 1. The highest BCUT2D eigenvalue weighted by Gasteiger charge is 2.09. The van der Waals surface area contributed by atoms with Gasteiger partial charge in [0, 0.05) is 12.1 Å². The predicted octanol–water partition coefficient (Wildman–Crippen LogP) is 1.97. The fraction of sp³-hybridized carbons (Fsp3) is 0.250. The van der Waals surface area contributed by atoms with Crippen molar-refractivity contribution in [3.05, 3.63) is 42.1 Å². The van der Waals surface area contributed by atoms with Crippen molar-refractivity contribution in [3.63, 3.8) is 0 Å². The number of aromatic nitrogens is 1. The van der Waals surface area contributed by atoms with Crippen molar-refractivity contribution < 1.29 is 14.6 Å². The van der Waals surface area contributed by atoms with E-state index in [0.29, 0.717) is 12.2 Å². The van der Waals surface area contributed by atoms with Gasteiger partial charge in [-0.15, -0.1) is 0 Å². The summed E-state index contributed by atoms with van der Waals surface area (Å²) >= 11 is 0. The highest BCUT2D eigenvalue weighted by atomic mass is 16.5. The first-order chi connectivity index (χ1) is 10.5. The highest BCUT2D eigenvalue weighted by molar-refractivity contribution is 5.87. The molecule has 6 nitrogen and oxygen atoms in total. The normalized spacial score (nSPS) is 10.7. The van der Waals surface area contributed by atoms with Gasteiger partial charge in [-0.3, -0.25) is 0 Å². The molecular weight excluding hydrogens is 282 g/mol. The Morgan fingerprint density at radius 2 is 1.91 bits per heavy atom.